The minimum absolute atomic E-state index is 0.0357. The predicted molar refractivity (Wildman–Crippen MR) is 84.9 cm³/mol. The van der Waals surface area contributed by atoms with Gasteiger partial charge < -0.3 is 15.5 Å². The predicted octanol–water partition coefficient (Wildman–Crippen LogP) is -0.275. The Morgan fingerprint density at radius 1 is 1.26 bits per heavy atom. The second kappa shape index (κ2) is 6.62. The van der Waals surface area contributed by atoms with Gasteiger partial charge in [0, 0.05) is 19.6 Å². The lowest BCUT2D eigenvalue weighted by Gasteiger charge is -2.27. The molecule has 2 heterocycles. The van der Waals surface area contributed by atoms with Gasteiger partial charge in [-0.2, -0.15) is 0 Å². The van der Waals surface area contributed by atoms with Crippen molar-refractivity contribution in [2.75, 3.05) is 31.5 Å². The van der Waals surface area contributed by atoms with Crippen LogP contribution in [0.5, 0.6) is 0 Å². The first-order valence-electron chi connectivity index (χ1n) is 7.51. The van der Waals surface area contributed by atoms with Crippen molar-refractivity contribution in [3.05, 3.63) is 42.0 Å². The van der Waals surface area contributed by atoms with Crippen molar-refractivity contribution in [1.29, 1.82) is 0 Å². The first-order chi connectivity index (χ1) is 11.1. The summed E-state index contributed by atoms with van der Waals surface area (Å²) in [5.74, 6) is -0.646. The Kier molecular flexibility index (Phi) is 4.38. The van der Waals surface area contributed by atoms with E-state index >= 15 is 0 Å². The van der Waals surface area contributed by atoms with E-state index in [1.54, 1.807) is 30.3 Å². The van der Waals surface area contributed by atoms with Crippen LogP contribution in [-0.4, -0.2) is 54.8 Å². The second-order valence-corrected chi connectivity index (χ2v) is 5.43. The Labute approximate surface area is 133 Å². The first-order valence-corrected chi connectivity index (χ1v) is 7.51. The molecule has 2 aliphatic heterocycles. The van der Waals surface area contributed by atoms with Crippen LogP contribution in [0.25, 0.3) is 0 Å². The zero-order chi connectivity index (χ0) is 16.2. The van der Waals surface area contributed by atoms with E-state index in [0.29, 0.717) is 30.9 Å². The van der Waals surface area contributed by atoms with Crippen LogP contribution < -0.4 is 16.0 Å². The number of rotatable bonds is 3. The van der Waals surface area contributed by atoms with Crippen molar-refractivity contribution < 1.29 is 14.4 Å². The molecule has 1 atom stereocenters. The molecule has 0 spiro atoms. The maximum absolute atomic E-state index is 12.6. The number of hydrogen-bond acceptors (Lipinski definition) is 4. The molecule has 7 heteroatoms. The molecule has 0 unspecified atom stereocenters. The van der Waals surface area contributed by atoms with Crippen LogP contribution in [0, 0.1) is 0 Å². The third kappa shape index (κ3) is 3.40. The molecule has 0 aromatic heterocycles. The van der Waals surface area contributed by atoms with Gasteiger partial charge in [0.25, 0.3) is 5.91 Å². The molecule has 0 saturated carbocycles. The lowest BCUT2D eigenvalue weighted by Crippen LogP contribution is -2.50. The van der Waals surface area contributed by atoms with Gasteiger partial charge in [-0.05, 0) is 12.1 Å². The molecule has 7 nitrogen and oxygen atoms in total. The van der Waals surface area contributed by atoms with Crippen LogP contribution in [-0.2, 0) is 9.59 Å². The van der Waals surface area contributed by atoms with E-state index < -0.39 is 0 Å². The number of anilines is 1. The molecule has 23 heavy (non-hydrogen) atoms. The number of nitrogens with zero attached hydrogens (tertiary/aromatic N) is 1. The van der Waals surface area contributed by atoms with Crippen molar-refractivity contribution in [1.82, 2.24) is 15.5 Å². The molecule has 1 aromatic rings. The van der Waals surface area contributed by atoms with Crippen LogP contribution in [0.4, 0.5) is 5.69 Å². The topological polar surface area (TPSA) is 90.5 Å². The fourth-order valence-corrected chi connectivity index (χ4v) is 2.62. The van der Waals surface area contributed by atoms with Crippen molar-refractivity contribution in [3.8, 4) is 0 Å². The number of amides is 3. The van der Waals surface area contributed by atoms with Gasteiger partial charge in [0.2, 0.25) is 11.8 Å². The number of carbonyl (C=O) groups excluding carboxylic acids is 3. The number of benzene rings is 1. The van der Waals surface area contributed by atoms with E-state index in [1.807, 2.05) is 6.08 Å². The number of piperazine rings is 1. The minimum Gasteiger partial charge on any atom is -0.353 e. The zero-order valence-electron chi connectivity index (χ0n) is 12.5. The molecule has 2 aliphatic rings. The van der Waals surface area contributed by atoms with Crippen LogP contribution in [0.2, 0.25) is 0 Å². The number of para-hydroxylation sites is 1. The van der Waals surface area contributed by atoms with Crippen LogP contribution >= 0.6 is 0 Å². The minimum atomic E-state index is -0.390. The monoisotopic (exact) mass is 314 g/mol. The Morgan fingerprint density at radius 3 is 2.83 bits per heavy atom. The zero-order valence-corrected chi connectivity index (χ0v) is 12.5. The molecule has 120 valence electrons. The highest BCUT2D eigenvalue weighted by atomic mass is 16.2. The number of nitrogens with one attached hydrogen (secondary N) is 3. The molecule has 1 aromatic carbocycles. The maximum atomic E-state index is 12.6. The van der Waals surface area contributed by atoms with E-state index in [-0.39, 0.29) is 30.3 Å². The average Bonchev–Trinajstić information content (AvgIpc) is 3.09. The Balaban J connectivity index is 1.77. The van der Waals surface area contributed by atoms with E-state index in [1.165, 1.54) is 4.90 Å². The molecule has 3 rings (SSSR count). The maximum Gasteiger partial charge on any atom is 0.256 e. The van der Waals surface area contributed by atoms with E-state index in [0.717, 1.165) is 0 Å². The molecule has 0 radical (unpaired) electrons. The van der Waals surface area contributed by atoms with Gasteiger partial charge in [0.15, 0.2) is 0 Å². The van der Waals surface area contributed by atoms with Gasteiger partial charge in [-0.15, -0.1) is 0 Å². The van der Waals surface area contributed by atoms with Crippen molar-refractivity contribution in [2.24, 2.45) is 0 Å². The third-order valence-electron chi connectivity index (χ3n) is 3.81. The van der Waals surface area contributed by atoms with Crippen LogP contribution in [0.3, 0.4) is 0 Å². The molecular weight excluding hydrogens is 296 g/mol. The Bertz CT molecular complexity index is 671. The fraction of sp³-hybridized carbons (Fsp3) is 0.312. The number of hydrogen-bond donors (Lipinski definition) is 3. The third-order valence-corrected chi connectivity index (χ3v) is 3.81. The van der Waals surface area contributed by atoms with Crippen LogP contribution in [0.15, 0.2) is 36.4 Å². The van der Waals surface area contributed by atoms with Gasteiger partial charge in [0.1, 0.15) is 6.04 Å². The van der Waals surface area contributed by atoms with Crippen molar-refractivity contribution >= 4 is 23.4 Å². The van der Waals surface area contributed by atoms with Crippen LogP contribution in [0.1, 0.15) is 10.4 Å². The fourth-order valence-electron chi connectivity index (χ4n) is 2.62. The van der Waals surface area contributed by atoms with Crippen molar-refractivity contribution in [2.45, 2.75) is 6.04 Å². The largest absolute Gasteiger partial charge is 0.353 e. The highest BCUT2D eigenvalue weighted by molar-refractivity contribution is 6.06. The number of carbonyl (C=O) groups is 3. The smallest absolute Gasteiger partial charge is 0.256 e. The molecule has 0 aliphatic carbocycles. The summed E-state index contributed by atoms with van der Waals surface area (Å²) in [5, 5.41) is 8.49. The lowest BCUT2D eigenvalue weighted by atomic mass is 10.1. The van der Waals surface area contributed by atoms with E-state index in [2.05, 4.69) is 16.0 Å². The molecule has 1 saturated heterocycles. The summed E-state index contributed by atoms with van der Waals surface area (Å²) in [6.45, 7) is 1.59. The molecular formula is C16H18N4O3. The summed E-state index contributed by atoms with van der Waals surface area (Å²) in [6, 6.07) is 6.45. The summed E-state index contributed by atoms with van der Waals surface area (Å²) in [6.07, 6.45) is 3.67. The summed E-state index contributed by atoms with van der Waals surface area (Å²) >= 11 is 0. The Morgan fingerprint density at radius 2 is 2.09 bits per heavy atom. The second-order valence-electron chi connectivity index (χ2n) is 5.43. The molecule has 0 bridgehead atoms. The normalized spacial score (nSPS) is 20.3. The van der Waals surface area contributed by atoms with Gasteiger partial charge in [-0.3, -0.25) is 19.7 Å². The van der Waals surface area contributed by atoms with Gasteiger partial charge in [-0.25, -0.2) is 0 Å². The highest BCUT2D eigenvalue weighted by Crippen LogP contribution is 2.18. The van der Waals surface area contributed by atoms with Gasteiger partial charge in [-0.1, -0.05) is 24.3 Å². The van der Waals surface area contributed by atoms with Gasteiger partial charge >= 0.3 is 0 Å². The SMILES string of the molecule is O=C1CN(C(=O)c2ccccc2NC(=O)[C@@H]2C=CCN2)CCN1. The summed E-state index contributed by atoms with van der Waals surface area (Å²) in [4.78, 5) is 37.8. The Hall–Kier alpha value is -2.67. The standard InChI is InChI=1S/C16H18N4O3/c21-14-10-20(9-8-18-14)16(23)11-4-1-2-5-12(11)19-15(22)13-6-3-7-17-13/h1-6,13,17H,7-10H2,(H,18,21)(H,19,22)/t13-/m0/s1. The molecule has 3 N–H and O–H groups in total. The average molecular weight is 314 g/mol. The summed E-state index contributed by atoms with van der Waals surface area (Å²) in [7, 11) is 0. The lowest BCUT2D eigenvalue weighted by molar-refractivity contribution is -0.123. The molecule has 3 amide bonds. The summed E-state index contributed by atoms with van der Waals surface area (Å²) < 4.78 is 0. The van der Waals surface area contributed by atoms with E-state index in [4.69, 9.17) is 0 Å². The van der Waals surface area contributed by atoms with Crippen molar-refractivity contribution in [3.63, 3.8) is 0 Å². The summed E-state index contributed by atoms with van der Waals surface area (Å²) in [5.41, 5.74) is 0.841. The van der Waals surface area contributed by atoms with Gasteiger partial charge in [0.05, 0.1) is 17.8 Å². The first kappa shape index (κ1) is 15.2. The highest BCUT2D eigenvalue weighted by Gasteiger charge is 2.25. The molecule has 1 fully saturated rings. The quantitative estimate of drug-likeness (QED) is 0.670. The van der Waals surface area contributed by atoms with E-state index in [9.17, 15) is 14.4 Å².